The van der Waals surface area contributed by atoms with Crippen molar-refractivity contribution in [3.05, 3.63) is 106 Å². The van der Waals surface area contributed by atoms with E-state index in [4.69, 9.17) is 4.74 Å². The monoisotopic (exact) mass is 449 g/mol. The fraction of sp³-hybridized carbons (Fsp3) is 0.160. The predicted octanol–water partition coefficient (Wildman–Crippen LogP) is 6.02. The number of methoxy groups -OCH3 is 1. The Morgan fingerprint density at radius 1 is 1.00 bits per heavy atom. The maximum atomic E-state index is 12.5. The van der Waals surface area contributed by atoms with E-state index < -0.39 is 0 Å². The minimum atomic E-state index is -0.324. The van der Waals surface area contributed by atoms with Crippen molar-refractivity contribution in [2.24, 2.45) is 0 Å². The maximum absolute atomic E-state index is 12.5. The summed E-state index contributed by atoms with van der Waals surface area (Å²) in [6.45, 7) is 3.16. The number of anilines is 1. The van der Waals surface area contributed by atoms with Crippen LogP contribution in [0.5, 0.6) is 0 Å². The number of hydrogen-bond acceptors (Lipinski definition) is 3. The zero-order valence-corrected chi connectivity index (χ0v) is 18.2. The molecule has 0 spiro atoms. The van der Waals surface area contributed by atoms with Crippen LogP contribution in [0, 0.1) is 6.92 Å². The van der Waals surface area contributed by atoms with Gasteiger partial charge < -0.3 is 9.64 Å². The van der Waals surface area contributed by atoms with Gasteiger partial charge in [0.05, 0.1) is 24.9 Å². The van der Waals surface area contributed by atoms with Gasteiger partial charge in [0.1, 0.15) is 0 Å². The average Bonchev–Trinajstić information content (AvgIpc) is 2.73. The van der Waals surface area contributed by atoms with Crippen molar-refractivity contribution in [1.82, 2.24) is 0 Å². The van der Waals surface area contributed by atoms with E-state index in [1.165, 1.54) is 18.2 Å². The van der Waals surface area contributed by atoms with Gasteiger partial charge in [-0.3, -0.25) is 0 Å². The quantitative estimate of drug-likeness (QED) is 0.326. The number of carbonyl (C=O) groups is 1. The standard InChI is InChI=1S/C25H24BrNO2/c1-19-13-14-24(23(26)15-19)27(17-21-11-7-4-8-12-21)18-22(25(28)29-2)16-20-9-5-3-6-10-20/h3-16H,17-18H2,1-2H3/b22-16-. The zero-order valence-electron chi connectivity index (χ0n) is 16.6. The summed E-state index contributed by atoms with van der Waals surface area (Å²) in [6.07, 6.45) is 1.89. The third-order valence-corrected chi connectivity index (χ3v) is 5.24. The Labute approximate surface area is 180 Å². The van der Waals surface area contributed by atoms with E-state index in [0.29, 0.717) is 18.7 Å². The second-order valence-corrected chi connectivity index (χ2v) is 7.72. The lowest BCUT2D eigenvalue weighted by molar-refractivity contribution is -0.136. The molecule has 0 bridgehead atoms. The van der Waals surface area contributed by atoms with Crippen LogP contribution in [0.25, 0.3) is 6.08 Å². The van der Waals surface area contributed by atoms with Crippen molar-refractivity contribution in [2.45, 2.75) is 13.5 Å². The van der Waals surface area contributed by atoms with Crippen molar-refractivity contribution < 1.29 is 9.53 Å². The molecule has 0 aliphatic carbocycles. The molecule has 0 atom stereocenters. The Hall–Kier alpha value is -2.85. The number of carbonyl (C=O) groups excluding carboxylic acids is 1. The van der Waals surface area contributed by atoms with Crippen LogP contribution in [0.1, 0.15) is 16.7 Å². The van der Waals surface area contributed by atoms with Crippen molar-refractivity contribution in [1.29, 1.82) is 0 Å². The normalized spacial score (nSPS) is 11.2. The first kappa shape index (κ1) is 20.9. The highest BCUT2D eigenvalue weighted by Crippen LogP contribution is 2.29. The van der Waals surface area contributed by atoms with Crippen LogP contribution in [0.15, 0.2) is 88.9 Å². The van der Waals surface area contributed by atoms with E-state index in [1.807, 2.05) is 54.6 Å². The second kappa shape index (κ2) is 10.1. The van der Waals surface area contributed by atoms with Gasteiger partial charge in [0.2, 0.25) is 0 Å². The smallest absolute Gasteiger partial charge is 0.335 e. The molecule has 0 aliphatic rings. The van der Waals surface area contributed by atoms with Gasteiger partial charge in [-0.15, -0.1) is 0 Å². The van der Waals surface area contributed by atoms with Crippen LogP contribution in [-0.2, 0) is 16.1 Å². The first-order valence-electron chi connectivity index (χ1n) is 9.46. The summed E-state index contributed by atoms with van der Waals surface area (Å²) in [5.74, 6) is -0.324. The summed E-state index contributed by atoms with van der Waals surface area (Å²) in [5, 5.41) is 0. The van der Waals surface area contributed by atoms with E-state index in [-0.39, 0.29) is 5.97 Å². The summed E-state index contributed by atoms with van der Waals surface area (Å²) in [5.41, 5.74) is 4.94. The van der Waals surface area contributed by atoms with Gasteiger partial charge in [0.15, 0.2) is 0 Å². The number of esters is 1. The van der Waals surface area contributed by atoms with Crippen LogP contribution >= 0.6 is 15.9 Å². The van der Waals surface area contributed by atoms with Crippen LogP contribution in [0.3, 0.4) is 0 Å². The molecule has 0 saturated heterocycles. The number of benzene rings is 3. The number of nitrogens with zero attached hydrogens (tertiary/aromatic N) is 1. The summed E-state index contributed by atoms with van der Waals surface area (Å²) in [6, 6.07) is 26.3. The molecule has 3 rings (SSSR count). The molecule has 3 aromatic rings. The van der Waals surface area contributed by atoms with Crippen LogP contribution < -0.4 is 4.90 Å². The SMILES string of the molecule is COC(=O)/C(=C\c1ccccc1)CN(Cc1ccccc1)c1ccc(C)cc1Br. The summed E-state index contributed by atoms with van der Waals surface area (Å²) < 4.78 is 6.07. The van der Waals surface area contributed by atoms with E-state index in [1.54, 1.807) is 0 Å². The molecule has 4 heteroatoms. The summed E-state index contributed by atoms with van der Waals surface area (Å²) in [4.78, 5) is 14.7. The van der Waals surface area contributed by atoms with Crippen LogP contribution in [-0.4, -0.2) is 19.6 Å². The van der Waals surface area contributed by atoms with E-state index in [9.17, 15) is 4.79 Å². The summed E-state index contributed by atoms with van der Waals surface area (Å²) in [7, 11) is 1.42. The van der Waals surface area contributed by atoms with E-state index >= 15 is 0 Å². The molecule has 3 nitrogen and oxygen atoms in total. The number of ether oxygens (including phenoxy) is 1. The zero-order chi connectivity index (χ0) is 20.6. The van der Waals surface area contributed by atoms with Gasteiger partial charge in [-0.1, -0.05) is 66.7 Å². The maximum Gasteiger partial charge on any atom is 0.335 e. The lowest BCUT2D eigenvalue weighted by Crippen LogP contribution is -2.28. The molecule has 0 N–H and O–H groups in total. The van der Waals surface area contributed by atoms with Gasteiger partial charge in [-0.2, -0.15) is 0 Å². The first-order chi connectivity index (χ1) is 14.1. The van der Waals surface area contributed by atoms with Gasteiger partial charge >= 0.3 is 5.97 Å². The number of hydrogen-bond donors (Lipinski definition) is 0. The molecule has 0 unspecified atom stereocenters. The molecular weight excluding hydrogens is 426 g/mol. The molecule has 0 saturated carbocycles. The van der Waals surface area contributed by atoms with Crippen molar-refractivity contribution in [2.75, 3.05) is 18.6 Å². The Morgan fingerprint density at radius 2 is 1.66 bits per heavy atom. The molecule has 148 valence electrons. The molecule has 0 amide bonds. The predicted molar refractivity (Wildman–Crippen MR) is 123 cm³/mol. The highest BCUT2D eigenvalue weighted by molar-refractivity contribution is 9.10. The third kappa shape index (κ3) is 5.81. The fourth-order valence-corrected chi connectivity index (χ4v) is 3.90. The Morgan fingerprint density at radius 3 is 2.28 bits per heavy atom. The first-order valence-corrected chi connectivity index (χ1v) is 10.2. The highest BCUT2D eigenvalue weighted by atomic mass is 79.9. The lowest BCUT2D eigenvalue weighted by atomic mass is 10.1. The van der Waals surface area contributed by atoms with Crippen molar-refractivity contribution in [3.63, 3.8) is 0 Å². The topological polar surface area (TPSA) is 29.5 Å². The summed E-state index contributed by atoms with van der Waals surface area (Å²) >= 11 is 3.69. The molecular formula is C25H24BrNO2. The minimum absolute atomic E-state index is 0.324. The van der Waals surface area contributed by atoms with E-state index in [2.05, 4.69) is 58.1 Å². The lowest BCUT2D eigenvalue weighted by Gasteiger charge is -2.27. The van der Waals surface area contributed by atoms with Crippen molar-refractivity contribution >= 4 is 33.7 Å². The Bertz CT molecular complexity index is 984. The van der Waals surface area contributed by atoms with Gasteiger partial charge in [0, 0.05) is 11.0 Å². The van der Waals surface area contributed by atoms with Gasteiger partial charge in [-0.25, -0.2) is 4.79 Å². The molecule has 0 heterocycles. The molecule has 29 heavy (non-hydrogen) atoms. The second-order valence-electron chi connectivity index (χ2n) is 6.87. The van der Waals surface area contributed by atoms with Gasteiger partial charge in [0.25, 0.3) is 0 Å². The Kier molecular flexibility index (Phi) is 7.25. The number of halogens is 1. The minimum Gasteiger partial charge on any atom is -0.466 e. The largest absolute Gasteiger partial charge is 0.466 e. The fourth-order valence-electron chi connectivity index (χ4n) is 3.15. The van der Waals surface area contributed by atoms with Crippen LogP contribution in [0.4, 0.5) is 5.69 Å². The van der Waals surface area contributed by atoms with Crippen LogP contribution in [0.2, 0.25) is 0 Å². The third-order valence-electron chi connectivity index (χ3n) is 4.61. The average molecular weight is 450 g/mol. The van der Waals surface area contributed by atoms with E-state index in [0.717, 1.165) is 15.7 Å². The Balaban J connectivity index is 1.99. The van der Waals surface area contributed by atoms with Crippen molar-refractivity contribution in [3.8, 4) is 0 Å². The highest BCUT2D eigenvalue weighted by Gasteiger charge is 2.18. The molecule has 0 radical (unpaired) electrons. The molecule has 0 aliphatic heterocycles. The number of aryl methyl sites for hydroxylation is 1. The molecule has 3 aromatic carbocycles. The molecule has 0 aromatic heterocycles. The number of rotatable bonds is 7. The van der Waals surface area contributed by atoms with Gasteiger partial charge in [-0.05, 0) is 57.8 Å². The molecule has 0 fully saturated rings.